The Balaban J connectivity index is 1.57. The van der Waals surface area contributed by atoms with Gasteiger partial charge in [-0.2, -0.15) is 0 Å². The van der Waals surface area contributed by atoms with E-state index in [9.17, 15) is 9.59 Å². The van der Waals surface area contributed by atoms with Crippen molar-refractivity contribution in [1.82, 2.24) is 10.6 Å². The maximum Gasteiger partial charge on any atom is 0.229 e. The molecule has 2 rings (SSSR count). The fourth-order valence-corrected chi connectivity index (χ4v) is 1.75. The molecule has 5 nitrogen and oxygen atoms in total. The Morgan fingerprint density at radius 3 is 2.62 bits per heavy atom. The van der Waals surface area contributed by atoms with Gasteiger partial charge in [-0.1, -0.05) is 0 Å². The van der Waals surface area contributed by atoms with Crippen molar-refractivity contribution < 1.29 is 14.3 Å². The van der Waals surface area contributed by atoms with E-state index in [1.54, 1.807) is 0 Å². The molecule has 2 fully saturated rings. The summed E-state index contributed by atoms with van der Waals surface area (Å²) in [6.45, 7) is 1.30. The van der Waals surface area contributed by atoms with Crippen LogP contribution in [0.1, 0.15) is 32.1 Å². The maximum absolute atomic E-state index is 11.4. The fraction of sp³-hybridized carbons (Fsp3) is 0.818. The molecule has 0 aromatic carbocycles. The van der Waals surface area contributed by atoms with Crippen molar-refractivity contribution in [2.45, 2.75) is 44.2 Å². The van der Waals surface area contributed by atoms with Crippen LogP contribution in [0.15, 0.2) is 0 Å². The molecule has 1 saturated carbocycles. The second-order valence-corrected chi connectivity index (χ2v) is 4.46. The van der Waals surface area contributed by atoms with Crippen molar-refractivity contribution in [1.29, 1.82) is 0 Å². The zero-order valence-corrected chi connectivity index (χ0v) is 9.33. The largest absolute Gasteiger partial charge is 0.376 e. The highest BCUT2D eigenvalue weighted by Gasteiger charge is 2.24. The summed E-state index contributed by atoms with van der Waals surface area (Å²) < 4.78 is 5.37. The molecule has 0 bridgehead atoms. The highest BCUT2D eigenvalue weighted by atomic mass is 16.5. The van der Waals surface area contributed by atoms with E-state index in [1.165, 1.54) is 0 Å². The normalized spacial score (nSPS) is 24.1. The number of amides is 2. The predicted molar refractivity (Wildman–Crippen MR) is 57.8 cm³/mol. The Kier molecular flexibility index (Phi) is 3.77. The second kappa shape index (κ2) is 5.30. The van der Waals surface area contributed by atoms with Gasteiger partial charge >= 0.3 is 0 Å². The smallest absolute Gasteiger partial charge is 0.229 e. The number of hydrogen-bond donors (Lipinski definition) is 2. The van der Waals surface area contributed by atoms with Crippen LogP contribution >= 0.6 is 0 Å². The molecule has 0 radical (unpaired) electrons. The Hall–Kier alpha value is -1.10. The molecule has 1 atom stereocenters. The van der Waals surface area contributed by atoms with E-state index in [4.69, 9.17) is 4.74 Å². The number of carbonyl (C=O) groups excluding carboxylic acids is 2. The van der Waals surface area contributed by atoms with Crippen molar-refractivity contribution in [3.05, 3.63) is 0 Å². The monoisotopic (exact) mass is 226 g/mol. The Bertz CT molecular complexity index is 270. The van der Waals surface area contributed by atoms with E-state index in [-0.39, 0.29) is 24.3 Å². The number of hydrogen-bond acceptors (Lipinski definition) is 3. The van der Waals surface area contributed by atoms with E-state index >= 15 is 0 Å². The van der Waals surface area contributed by atoms with Gasteiger partial charge in [-0.05, 0) is 25.7 Å². The van der Waals surface area contributed by atoms with E-state index in [1.807, 2.05) is 0 Å². The van der Waals surface area contributed by atoms with Gasteiger partial charge in [-0.25, -0.2) is 0 Å². The lowest BCUT2D eigenvalue weighted by Crippen LogP contribution is -2.36. The Morgan fingerprint density at radius 2 is 2.00 bits per heavy atom. The molecule has 2 amide bonds. The third-order valence-electron chi connectivity index (χ3n) is 2.81. The zero-order valence-electron chi connectivity index (χ0n) is 9.33. The number of rotatable bonds is 5. The molecule has 90 valence electrons. The summed E-state index contributed by atoms with van der Waals surface area (Å²) in [7, 11) is 0. The van der Waals surface area contributed by atoms with Crippen molar-refractivity contribution in [2.24, 2.45) is 0 Å². The molecular weight excluding hydrogens is 208 g/mol. The summed E-state index contributed by atoms with van der Waals surface area (Å²) in [6, 6.07) is 0.318. The third kappa shape index (κ3) is 3.81. The van der Waals surface area contributed by atoms with Crippen LogP contribution < -0.4 is 10.6 Å². The van der Waals surface area contributed by atoms with Crippen LogP contribution in [0.25, 0.3) is 0 Å². The molecule has 2 N–H and O–H groups in total. The van der Waals surface area contributed by atoms with Crippen LogP contribution in [-0.2, 0) is 14.3 Å². The molecule has 1 aliphatic heterocycles. The molecule has 16 heavy (non-hydrogen) atoms. The van der Waals surface area contributed by atoms with Gasteiger partial charge in [-0.15, -0.1) is 0 Å². The number of nitrogens with one attached hydrogen (secondary N) is 2. The van der Waals surface area contributed by atoms with Gasteiger partial charge in [0.15, 0.2) is 0 Å². The van der Waals surface area contributed by atoms with Gasteiger partial charge in [0, 0.05) is 19.2 Å². The Morgan fingerprint density at radius 1 is 1.19 bits per heavy atom. The van der Waals surface area contributed by atoms with Gasteiger partial charge < -0.3 is 15.4 Å². The lowest BCUT2D eigenvalue weighted by atomic mass is 10.2. The molecule has 1 aliphatic carbocycles. The van der Waals surface area contributed by atoms with Gasteiger partial charge in [0.2, 0.25) is 11.8 Å². The van der Waals surface area contributed by atoms with Crippen LogP contribution in [0.2, 0.25) is 0 Å². The van der Waals surface area contributed by atoms with E-state index < -0.39 is 0 Å². The lowest BCUT2D eigenvalue weighted by Gasteiger charge is -2.10. The number of ether oxygens (including phenoxy) is 1. The first-order valence-electron chi connectivity index (χ1n) is 5.91. The highest BCUT2D eigenvalue weighted by Crippen LogP contribution is 2.18. The summed E-state index contributed by atoms with van der Waals surface area (Å²) in [5.74, 6) is -0.388. The zero-order chi connectivity index (χ0) is 11.4. The summed E-state index contributed by atoms with van der Waals surface area (Å²) in [6.07, 6.45) is 4.21. The fourth-order valence-electron chi connectivity index (χ4n) is 1.75. The first-order chi connectivity index (χ1) is 7.74. The van der Waals surface area contributed by atoms with E-state index in [0.717, 1.165) is 32.3 Å². The van der Waals surface area contributed by atoms with Gasteiger partial charge in [0.1, 0.15) is 6.42 Å². The predicted octanol–water partition coefficient (Wildman–Crippen LogP) is -0.0497. The number of carbonyl (C=O) groups is 2. The van der Waals surface area contributed by atoms with Crippen LogP contribution in [0.5, 0.6) is 0 Å². The Labute approximate surface area is 94.9 Å². The summed E-state index contributed by atoms with van der Waals surface area (Å²) >= 11 is 0. The quantitative estimate of drug-likeness (QED) is 0.646. The summed E-state index contributed by atoms with van der Waals surface area (Å²) in [5.41, 5.74) is 0. The van der Waals surface area contributed by atoms with Gasteiger partial charge in [0.05, 0.1) is 6.10 Å². The van der Waals surface area contributed by atoms with Crippen LogP contribution in [0, 0.1) is 0 Å². The molecule has 1 heterocycles. The first kappa shape index (κ1) is 11.4. The molecule has 2 aliphatic rings. The van der Waals surface area contributed by atoms with Gasteiger partial charge in [-0.3, -0.25) is 9.59 Å². The van der Waals surface area contributed by atoms with Crippen LogP contribution in [0.3, 0.4) is 0 Å². The lowest BCUT2D eigenvalue weighted by molar-refractivity contribution is -0.129. The summed E-state index contributed by atoms with van der Waals surface area (Å²) in [4.78, 5) is 22.7. The standard InChI is InChI=1S/C11H18N2O3/c14-10(6-11(15)13-8-3-4-8)12-7-9-2-1-5-16-9/h8-9H,1-7H2,(H,12,14)(H,13,15). The van der Waals surface area contributed by atoms with Crippen molar-refractivity contribution in [2.75, 3.05) is 13.2 Å². The van der Waals surface area contributed by atoms with E-state index in [0.29, 0.717) is 12.6 Å². The first-order valence-corrected chi connectivity index (χ1v) is 5.91. The minimum absolute atomic E-state index is 0.0663. The molecule has 1 unspecified atom stereocenters. The second-order valence-electron chi connectivity index (χ2n) is 4.46. The van der Waals surface area contributed by atoms with Crippen LogP contribution in [-0.4, -0.2) is 37.1 Å². The van der Waals surface area contributed by atoms with Gasteiger partial charge in [0.25, 0.3) is 0 Å². The molecule has 5 heteroatoms. The highest BCUT2D eigenvalue weighted by molar-refractivity contribution is 5.97. The molecule has 0 spiro atoms. The van der Waals surface area contributed by atoms with Crippen molar-refractivity contribution in [3.8, 4) is 0 Å². The minimum Gasteiger partial charge on any atom is -0.376 e. The third-order valence-corrected chi connectivity index (χ3v) is 2.81. The topological polar surface area (TPSA) is 67.4 Å². The van der Waals surface area contributed by atoms with E-state index in [2.05, 4.69) is 10.6 Å². The molecule has 0 aromatic rings. The minimum atomic E-state index is -0.214. The summed E-state index contributed by atoms with van der Waals surface area (Å²) in [5, 5.41) is 5.51. The van der Waals surface area contributed by atoms with Crippen molar-refractivity contribution >= 4 is 11.8 Å². The average Bonchev–Trinajstić information content (AvgIpc) is 2.89. The molecule has 1 saturated heterocycles. The van der Waals surface area contributed by atoms with Crippen LogP contribution in [0.4, 0.5) is 0 Å². The maximum atomic E-state index is 11.4. The average molecular weight is 226 g/mol. The van der Waals surface area contributed by atoms with Crippen molar-refractivity contribution in [3.63, 3.8) is 0 Å². The molecule has 0 aromatic heterocycles. The SMILES string of the molecule is O=C(CC(=O)NC1CC1)NCC1CCCO1. The molecular formula is C11H18N2O3.